The monoisotopic (exact) mass is 368 g/mol. The lowest BCUT2D eigenvalue weighted by molar-refractivity contribution is -0.129. The number of thioether (sulfide) groups is 1. The van der Waals surface area contributed by atoms with Crippen LogP contribution in [0, 0.1) is 6.92 Å². The van der Waals surface area contributed by atoms with E-state index >= 15 is 0 Å². The molecule has 3 aromatic rings. The van der Waals surface area contributed by atoms with Gasteiger partial charge in [-0.2, -0.15) is 0 Å². The average Bonchev–Trinajstić information content (AvgIpc) is 3.27. The van der Waals surface area contributed by atoms with E-state index in [1.807, 2.05) is 23.1 Å². The number of aromatic nitrogens is 1. The van der Waals surface area contributed by atoms with Gasteiger partial charge in [-0.1, -0.05) is 29.8 Å². The smallest absolute Gasteiger partial charge is 0.233 e. The van der Waals surface area contributed by atoms with E-state index in [1.54, 1.807) is 23.1 Å². The molecule has 2 heterocycles. The second-order valence-electron chi connectivity index (χ2n) is 6.37. The molecule has 0 N–H and O–H groups in total. The molecular formula is C20H20N2OS2. The number of fused-ring (bicyclic) bond motifs is 1. The normalized spacial score (nSPS) is 17.3. The van der Waals surface area contributed by atoms with Crippen LogP contribution in [0.1, 0.15) is 29.5 Å². The average molecular weight is 369 g/mol. The molecule has 1 atom stereocenters. The van der Waals surface area contributed by atoms with E-state index in [0.29, 0.717) is 5.75 Å². The fourth-order valence-electron chi connectivity index (χ4n) is 3.22. The van der Waals surface area contributed by atoms with Crippen LogP contribution in [0.25, 0.3) is 10.2 Å². The van der Waals surface area contributed by atoms with Crippen LogP contribution in [0.4, 0.5) is 0 Å². The number of amides is 1. The van der Waals surface area contributed by atoms with Gasteiger partial charge in [-0.3, -0.25) is 4.79 Å². The number of thiazole rings is 1. The minimum atomic E-state index is 0.142. The number of hydrogen-bond donors (Lipinski definition) is 0. The summed E-state index contributed by atoms with van der Waals surface area (Å²) in [5.74, 6) is 0.706. The lowest BCUT2D eigenvalue weighted by Gasteiger charge is -2.23. The molecule has 25 heavy (non-hydrogen) atoms. The van der Waals surface area contributed by atoms with Crippen molar-refractivity contribution in [3.05, 3.63) is 59.1 Å². The van der Waals surface area contributed by atoms with Crippen LogP contribution in [0.5, 0.6) is 0 Å². The number of hydrogen-bond acceptors (Lipinski definition) is 4. The maximum absolute atomic E-state index is 12.8. The Labute approximate surface area is 156 Å². The molecule has 1 aliphatic rings. The van der Waals surface area contributed by atoms with Crippen LogP contribution in [-0.4, -0.2) is 28.1 Å². The summed E-state index contributed by atoms with van der Waals surface area (Å²) in [6, 6.07) is 16.7. The summed E-state index contributed by atoms with van der Waals surface area (Å²) in [6.45, 7) is 2.92. The summed E-state index contributed by atoms with van der Waals surface area (Å²) in [5.41, 5.74) is 2.28. The highest BCUT2D eigenvalue weighted by Gasteiger charge is 2.32. The molecule has 0 spiro atoms. The molecule has 128 valence electrons. The first-order valence-electron chi connectivity index (χ1n) is 8.55. The lowest BCUT2D eigenvalue weighted by atomic mass is 10.2. The molecule has 0 saturated carbocycles. The third-order valence-electron chi connectivity index (χ3n) is 4.55. The van der Waals surface area contributed by atoms with E-state index in [0.717, 1.165) is 34.8 Å². The number of benzene rings is 2. The molecule has 0 aliphatic carbocycles. The first kappa shape index (κ1) is 16.6. The minimum Gasteiger partial charge on any atom is -0.332 e. The van der Waals surface area contributed by atoms with Crippen LogP contribution in [0.3, 0.4) is 0 Å². The van der Waals surface area contributed by atoms with Crippen molar-refractivity contribution in [2.45, 2.75) is 30.7 Å². The summed E-state index contributed by atoms with van der Waals surface area (Å²) < 4.78 is 1.20. The Bertz CT molecular complexity index is 855. The molecule has 3 nitrogen and oxygen atoms in total. The van der Waals surface area contributed by atoms with E-state index in [1.165, 1.54) is 10.3 Å². The van der Waals surface area contributed by atoms with E-state index in [-0.39, 0.29) is 11.9 Å². The molecule has 1 amide bonds. The second kappa shape index (κ2) is 7.18. The minimum absolute atomic E-state index is 0.142. The molecule has 0 radical (unpaired) electrons. The Balaban J connectivity index is 1.46. The standard InChI is InChI=1S/C20H20N2OS2/c1-14-8-10-15(11-9-14)24-13-19(23)22-12-4-6-17(22)20-21-16-5-2-3-7-18(16)25-20/h2-3,5,7-11,17H,4,6,12-13H2,1H3. The molecule has 1 fully saturated rings. The van der Waals surface area contributed by atoms with Crippen molar-refractivity contribution in [2.75, 3.05) is 12.3 Å². The SMILES string of the molecule is Cc1ccc(SCC(=O)N2CCCC2c2nc3ccccc3s2)cc1. The number of nitrogens with zero attached hydrogens (tertiary/aromatic N) is 2. The molecule has 0 bridgehead atoms. The molecule has 2 aromatic carbocycles. The van der Waals surface area contributed by atoms with Crippen molar-refractivity contribution in [3.63, 3.8) is 0 Å². The summed E-state index contributed by atoms with van der Waals surface area (Å²) in [6.07, 6.45) is 2.07. The Morgan fingerprint density at radius 1 is 1.24 bits per heavy atom. The Hall–Kier alpha value is -1.85. The highest BCUT2D eigenvalue weighted by atomic mass is 32.2. The van der Waals surface area contributed by atoms with Gasteiger partial charge in [0.15, 0.2) is 0 Å². The largest absolute Gasteiger partial charge is 0.332 e. The van der Waals surface area contributed by atoms with Gasteiger partial charge in [0.1, 0.15) is 5.01 Å². The van der Waals surface area contributed by atoms with Crippen molar-refractivity contribution < 1.29 is 4.79 Å². The molecule has 1 aromatic heterocycles. The van der Waals surface area contributed by atoms with Crippen LogP contribution in [0.2, 0.25) is 0 Å². The Kier molecular flexibility index (Phi) is 4.77. The summed E-state index contributed by atoms with van der Waals surface area (Å²) in [5, 5.41) is 1.08. The van der Waals surface area contributed by atoms with E-state index in [4.69, 9.17) is 4.98 Å². The summed E-state index contributed by atoms with van der Waals surface area (Å²) in [4.78, 5) is 20.7. The van der Waals surface area contributed by atoms with Gasteiger partial charge in [0.2, 0.25) is 5.91 Å². The maximum Gasteiger partial charge on any atom is 0.233 e. The number of para-hydroxylation sites is 1. The van der Waals surface area contributed by atoms with Crippen molar-refractivity contribution >= 4 is 39.2 Å². The quantitative estimate of drug-likeness (QED) is 0.604. The second-order valence-corrected chi connectivity index (χ2v) is 8.48. The summed E-state index contributed by atoms with van der Waals surface area (Å²) in [7, 11) is 0. The Morgan fingerprint density at radius 2 is 2.04 bits per heavy atom. The van der Waals surface area contributed by atoms with Crippen LogP contribution < -0.4 is 0 Å². The molecule has 1 unspecified atom stereocenters. The van der Waals surface area contributed by atoms with E-state index < -0.39 is 0 Å². The third-order valence-corrected chi connectivity index (χ3v) is 6.69. The van der Waals surface area contributed by atoms with Gasteiger partial charge in [-0.25, -0.2) is 4.98 Å². The zero-order chi connectivity index (χ0) is 17.2. The first-order chi connectivity index (χ1) is 12.2. The first-order valence-corrected chi connectivity index (χ1v) is 10.4. The number of rotatable bonds is 4. The van der Waals surface area contributed by atoms with Crippen molar-refractivity contribution in [1.82, 2.24) is 9.88 Å². The lowest BCUT2D eigenvalue weighted by Crippen LogP contribution is -2.31. The number of aryl methyl sites for hydroxylation is 1. The predicted molar refractivity (Wildman–Crippen MR) is 105 cm³/mol. The maximum atomic E-state index is 12.8. The number of carbonyl (C=O) groups excluding carboxylic acids is 1. The number of likely N-dealkylation sites (tertiary alicyclic amines) is 1. The van der Waals surface area contributed by atoms with Gasteiger partial charge in [0.25, 0.3) is 0 Å². The zero-order valence-corrected chi connectivity index (χ0v) is 15.8. The van der Waals surface area contributed by atoms with Gasteiger partial charge < -0.3 is 4.90 Å². The van der Waals surface area contributed by atoms with Gasteiger partial charge in [0.05, 0.1) is 22.0 Å². The molecule has 1 saturated heterocycles. The molecule has 1 aliphatic heterocycles. The number of carbonyl (C=O) groups is 1. The fourth-order valence-corrected chi connectivity index (χ4v) is 5.12. The Morgan fingerprint density at radius 3 is 2.84 bits per heavy atom. The van der Waals surface area contributed by atoms with Crippen LogP contribution in [0.15, 0.2) is 53.4 Å². The van der Waals surface area contributed by atoms with Crippen molar-refractivity contribution in [2.24, 2.45) is 0 Å². The fraction of sp³-hybridized carbons (Fsp3) is 0.300. The topological polar surface area (TPSA) is 33.2 Å². The summed E-state index contributed by atoms with van der Waals surface area (Å²) >= 11 is 3.34. The van der Waals surface area contributed by atoms with E-state index in [9.17, 15) is 4.79 Å². The predicted octanol–water partition coefficient (Wildman–Crippen LogP) is 5.06. The van der Waals surface area contributed by atoms with Gasteiger partial charge in [-0.15, -0.1) is 23.1 Å². The van der Waals surface area contributed by atoms with Crippen molar-refractivity contribution in [3.8, 4) is 0 Å². The molecule has 4 rings (SSSR count). The van der Waals surface area contributed by atoms with Gasteiger partial charge >= 0.3 is 0 Å². The molecule has 5 heteroatoms. The van der Waals surface area contributed by atoms with Crippen molar-refractivity contribution in [1.29, 1.82) is 0 Å². The van der Waals surface area contributed by atoms with Crippen LogP contribution >= 0.6 is 23.1 Å². The van der Waals surface area contributed by atoms with Crippen LogP contribution in [-0.2, 0) is 4.79 Å². The van der Waals surface area contributed by atoms with Gasteiger partial charge in [0, 0.05) is 11.4 Å². The van der Waals surface area contributed by atoms with E-state index in [2.05, 4.69) is 37.3 Å². The highest BCUT2D eigenvalue weighted by Crippen LogP contribution is 2.37. The third kappa shape index (κ3) is 3.58. The zero-order valence-electron chi connectivity index (χ0n) is 14.1. The molecular weight excluding hydrogens is 348 g/mol. The highest BCUT2D eigenvalue weighted by molar-refractivity contribution is 8.00. The van der Waals surface area contributed by atoms with Gasteiger partial charge in [-0.05, 0) is 44.0 Å².